The summed E-state index contributed by atoms with van der Waals surface area (Å²) in [5.41, 5.74) is 2.14. The second-order valence-corrected chi connectivity index (χ2v) is 9.64. The number of halogens is 2. The van der Waals surface area contributed by atoms with Gasteiger partial charge in [0.25, 0.3) is 0 Å². The molecule has 1 amide bonds. The summed E-state index contributed by atoms with van der Waals surface area (Å²) in [6.45, 7) is 4.32. The van der Waals surface area contributed by atoms with Gasteiger partial charge in [-0.2, -0.15) is 0 Å². The number of carbonyl (C=O) groups is 2. The number of carbonyl (C=O) groups excluding carboxylic acids is 1. The zero-order chi connectivity index (χ0) is 23.4. The van der Waals surface area contributed by atoms with Gasteiger partial charge in [0.1, 0.15) is 0 Å². The quantitative estimate of drug-likeness (QED) is 0.483. The molecule has 3 rings (SSSR count). The van der Waals surface area contributed by atoms with Gasteiger partial charge in [-0.25, -0.2) is 0 Å². The highest BCUT2D eigenvalue weighted by molar-refractivity contribution is 6.30. The summed E-state index contributed by atoms with van der Waals surface area (Å²) in [5, 5.41) is 17.2. The Hall–Kier alpha value is -2.08. The van der Waals surface area contributed by atoms with Crippen molar-refractivity contribution in [2.75, 3.05) is 7.05 Å². The van der Waals surface area contributed by atoms with Crippen molar-refractivity contribution in [1.29, 1.82) is 0 Å². The lowest BCUT2D eigenvalue weighted by molar-refractivity contribution is -0.142. The van der Waals surface area contributed by atoms with E-state index in [9.17, 15) is 14.7 Å². The van der Waals surface area contributed by atoms with Crippen LogP contribution in [0.5, 0.6) is 0 Å². The van der Waals surface area contributed by atoms with E-state index in [4.69, 9.17) is 23.2 Å². The molecule has 0 spiro atoms. The number of piperidine rings is 1. The van der Waals surface area contributed by atoms with Crippen LogP contribution < -0.4 is 10.6 Å². The molecule has 7 heteroatoms. The number of rotatable bonds is 8. The smallest absolute Gasteiger partial charge is 0.304 e. The van der Waals surface area contributed by atoms with Crippen molar-refractivity contribution in [2.24, 2.45) is 17.8 Å². The fourth-order valence-electron chi connectivity index (χ4n) is 4.94. The molecule has 0 aliphatic carbocycles. The first kappa shape index (κ1) is 24.6. The largest absolute Gasteiger partial charge is 0.481 e. The predicted octanol–water partition coefficient (Wildman–Crippen LogP) is 5.29. The monoisotopic (exact) mass is 476 g/mol. The molecule has 0 aromatic heterocycles. The fourth-order valence-corrected chi connectivity index (χ4v) is 5.27. The van der Waals surface area contributed by atoms with Gasteiger partial charge in [0, 0.05) is 34.0 Å². The first-order chi connectivity index (χ1) is 15.2. The van der Waals surface area contributed by atoms with Crippen LogP contribution in [0.1, 0.15) is 49.8 Å². The van der Waals surface area contributed by atoms with Gasteiger partial charge in [0.2, 0.25) is 5.91 Å². The molecule has 1 heterocycles. The Balaban J connectivity index is 1.91. The minimum Gasteiger partial charge on any atom is -0.481 e. The zero-order valence-electron chi connectivity index (χ0n) is 18.5. The number of nitrogens with one attached hydrogen (secondary N) is 2. The number of amides is 1. The van der Waals surface area contributed by atoms with Crippen LogP contribution in [-0.4, -0.2) is 30.1 Å². The molecule has 0 radical (unpaired) electrons. The molecule has 0 bridgehead atoms. The van der Waals surface area contributed by atoms with Crippen molar-refractivity contribution in [3.05, 3.63) is 69.7 Å². The summed E-state index contributed by atoms with van der Waals surface area (Å²) in [6.07, 6.45) is 0.300. The van der Waals surface area contributed by atoms with Gasteiger partial charge < -0.3 is 15.7 Å². The molecule has 1 aliphatic rings. The molecule has 6 atom stereocenters. The normalized spacial score (nSPS) is 23.8. The van der Waals surface area contributed by atoms with Crippen LogP contribution in [0.25, 0.3) is 0 Å². The summed E-state index contributed by atoms with van der Waals surface area (Å²) >= 11 is 12.3. The van der Waals surface area contributed by atoms with Gasteiger partial charge in [0.05, 0.1) is 6.42 Å². The van der Waals surface area contributed by atoms with Gasteiger partial charge in [-0.3, -0.25) is 9.59 Å². The van der Waals surface area contributed by atoms with Crippen LogP contribution in [-0.2, 0) is 9.59 Å². The van der Waals surface area contributed by atoms with Gasteiger partial charge in [-0.15, -0.1) is 0 Å². The highest BCUT2D eigenvalue weighted by Crippen LogP contribution is 2.41. The van der Waals surface area contributed by atoms with Crippen molar-refractivity contribution in [2.45, 2.75) is 44.7 Å². The van der Waals surface area contributed by atoms with Gasteiger partial charge >= 0.3 is 5.97 Å². The molecule has 1 aliphatic heterocycles. The van der Waals surface area contributed by atoms with Gasteiger partial charge in [-0.05, 0) is 60.7 Å². The highest BCUT2D eigenvalue weighted by Gasteiger charge is 2.42. The summed E-state index contributed by atoms with van der Waals surface area (Å²) in [6, 6.07) is 15.4. The van der Waals surface area contributed by atoms with E-state index >= 15 is 0 Å². The van der Waals surface area contributed by atoms with Crippen LogP contribution in [0.4, 0.5) is 0 Å². The molecule has 5 nitrogen and oxygen atoms in total. The van der Waals surface area contributed by atoms with E-state index in [1.807, 2.05) is 55.6 Å². The highest BCUT2D eigenvalue weighted by atomic mass is 35.5. The topological polar surface area (TPSA) is 78.4 Å². The zero-order valence-corrected chi connectivity index (χ0v) is 20.0. The summed E-state index contributed by atoms with van der Waals surface area (Å²) in [7, 11) is 1.93. The molecular weight excluding hydrogens is 447 g/mol. The van der Waals surface area contributed by atoms with Crippen molar-refractivity contribution >= 4 is 35.1 Å². The van der Waals surface area contributed by atoms with Crippen LogP contribution in [0.15, 0.2) is 48.5 Å². The van der Waals surface area contributed by atoms with Crippen molar-refractivity contribution < 1.29 is 14.7 Å². The van der Waals surface area contributed by atoms with Crippen LogP contribution in [0, 0.1) is 17.8 Å². The SMILES string of the molecule is CNC(c1ccc(Cl)cc1)C(C)C(C)[C@@H]1NC(=O)[C@@H](CC(=O)O)C[C@@H]1c1cccc(Cl)c1. The van der Waals surface area contributed by atoms with E-state index in [1.165, 1.54) is 0 Å². The average molecular weight is 477 g/mol. The van der Waals surface area contributed by atoms with E-state index in [0.717, 1.165) is 11.1 Å². The van der Waals surface area contributed by atoms with Gasteiger partial charge in [-0.1, -0.05) is 61.3 Å². The minimum atomic E-state index is -0.965. The number of carboxylic acids is 1. The Bertz CT molecular complexity index is 950. The Morgan fingerprint density at radius 2 is 1.84 bits per heavy atom. The second kappa shape index (κ2) is 10.7. The number of benzene rings is 2. The third kappa shape index (κ3) is 5.64. The third-order valence-corrected chi connectivity index (χ3v) is 7.30. The van der Waals surface area contributed by atoms with Gasteiger partial charge in [0.15, 0.2) is 0 Å². The molecular formula is C25H30Cl2N2O3. The average Bonchev–Trinajstić information content (AvgIpc) is 2.75. The van der Waals surface area contributed by atoms with Crippen molar-refractivity contribution in [3.8, 4) is 0 Å². The van der Waals surface area contributed by atoms with Crippen molar-refractivity contribution in [1.82, 2.24) is 10.6 Å². The lowest BCUT2D eigenvalue weighted by atomic mass is 9.70. The summed E-state index contributed by atoms with van der Waals surface area (Å²) in [4.78, 5) is 24.2. The molecule has 3 unspecified atom stereocenters. The second-order valence-electron chi connectivity index (χ2n) is 8.76. The fraction of sp³-hybridized carbons (Fsp3) is 0.440. The van der Waals surface area contributed by atoms with Crippen LogP contribution in [0.3, 0.4) is 0 Å². The third-order valence-electron chi connectivity index (χ3n) is 6.81. The Labute approximate surface area is 199 Å². The molecule has 0 saturated carbocycles. The standard InChI is InChI=1S/C25H30Cl2N2O3/c1-14(23(28-3)16-7-9-19(26)10-8-16)15(2)24-21(17-5-4-6-20(27)11-17)12-18(13-22(30)31)25(32)29-24/h4-11,14-15,18,21,23-24,28H,12-13H2,1-3H3,(H,29,32)(H,30,31)/t14?,15?,18-,21-,23?,24+/m1/s1. The Morgan fingerprint density at radius 3 is 2.44 bits per heavy atom. The lowest BCUT2D eigenvalue weighted by Crippen LogP contribution is -2.53. The summed E-state index contributed by atoms with van der Waals surface area (Å²) in [5.74, 6) is -1.48. The molecule has 2 aromatic rings. The van der Waals surface area contributed by atoms with E-state index in [0.29, 0.717) is 16.5 Å². The van der Waals surface area contributed by atoms with E-state index < -0.39 is 11.9 Å². The molecule has 1 saturated heterocycles. The minimum absolute atomic E-state index is 0.0316. The number of hydrogen-bond donors (Lipinski definition) is 3. The van der Waals surface area contributed by atoms with Crippen LogP contribution >= 0.6 is 23.2 Å². The molecule has 3 N–H and O–H groups in total. The molecule has 32 heavy (non-hydrogen) atoms. The number of carboxylic acid groups (broad SMARTS) is 1. The summed E-state index contributed by atoms with van der Waals surface area (Å²) < 4.78 is 0. The van der Waals surface area contributed by atoms with E-state index in [-0.39, 0.29) is 42.2 Å². The Kier molecular flexibility index (Phi) is 8.21. The maximum Gasteiger partial charge on any atom is 0.304 e. The Morgan fingerprint density at radius 1 is 1.16 bits per heavy atom. The van der Waals surface area contributed by atoms with Crippen LogP contribution in [0.2, 0.25) is 10.0 Å². The predicted molar refractivity (Wildman–Crippen MR) is 128 cm³/mol. The first-order valence-electron chi connectivity index (χ1n) is 10.9. The maximum absolute atomic E-state index is 12.8. The molecule has 172 valence electrons. The van der Waals surface area contributed by atoms with E-state index in [1.54, 1.807) is 0 Å². The van der Waals surface area contributed by atoms with Crippen molar-refractivity contribution in [3.63, 3.8) is 0 Å². The first-order valence-corrected chi connectivity index (χ1v) is 11.7. The molecule has 1 fully saturated rings. The van der Waals surface area contributed by atoms with E-state index in [2.05, 4.69) is 24.5 Å². The number of hydrogen-bond acceptors (Lipinski definition) is 3. The number of aliphatic carboxylic acids is 1. The molecule has 2 aromatic carbocycles. The maximum atomic E-state index is 12.8. The lowest BCUT2D eigenvalue weighted by Gasteiger charge is -2.43.